The molecule has 2 N–H and O–H groups in total. The zero-order valence-corrected chi connectivity index (χ0v) is 12.7. The van der Waals surface area contributed by atoms with Crippen molar-refractivity contribution < 1.29 is 4.74 Å². The lowest BCUT2D eigenvalue weighted by Crippen LogP contribution is -1.99. The lowest BCUT2D eigenvalue weighted by molar-refractivity contribution is 0.420. The van der Waals surface area contributed by atoms with Gasteiger partial charge in [-0.25, -0.2) is 0 Å². The van der Waals surface area contributed by atoms with Crippen molar-refractivity contribution in [3.8, 4) is 5.75 Å². The van der Waals surface area contributed by atoms with E-state index in [2.05, 4.69) is 44.9 Å². The predicted octanol–water partition coefficient (Wildman–Crippen LogP) is 4.04. The smallest absolute Gasteiger partial charge is 0.128 e. The normalized spacial score (nSPS) is 10.9. The van der Waals surface area contributed by atoms with Crippen LogP contribution in [0.2, 0.25) is 0 Å². The average molecular weight is 331 g/mol. The van der Waals surface area contributed by atoms with Gasteiger partial charge in [-0.15, -0.1) is 0 Å². The molecule has 4 heteroatoms. The molecule has 3 nitrogen and oxygen atoms in total. The molecule has 3 rings (SSSR count). The van der Waals surface area contributed by atoms with E-state index in [1.807, 2.05) is 24.3 Å². The largest absolute Gasteiger partial charge is 0.496 e. The highest BCUT2D eigenvalue weighted by Crippen LogP contribution is 2.27. The lowest BCUT2D eigenvalue weighted by atomic mass is 10.2. The summed E-state index contributed by atoms with van der Waals surface area (Å²) in [5.74, 6) is 0.900. The van der Waals surface area contributed by atoms with Crippen molar-refractivity contribution in [1.82, 2.24) is 4.57 Å². The first-order valence-electron chi connectivity index (χ1n) is 6.35. The molecule has 0 radical (unpaired) electrons. The molecule has 0 spiro atoms. The Morgan fingerprint density at radius 1 is 1.20 bits per heavy atom. The SMILES string of the molecule is COc1cccc2c1ccn2Cc1ccc(Br)c(N)c1. The van der Waals surface area contributed by atoms with Crippen molar-refractivity contribution >= 4 is 32.5 Å². The summed E-state index contributed by atoms with van der Waals surface area (Å²) in [4.78, 5) is 0. The summed E-state index contributed by atoms with van der Waals surface area (Å²) in [6.45, 7) is 0.786. The van der Waals surface area contributed by atoms with Crippen LogP contribution >= 0.6 is 15.9 Å². The van der Waals surface area contributed by atoms with Crippen LogP contribution in [-0.4, -0.2) is 11.7 Å². The molecule has 0 saturated carbocycles. The quantitative estimate of drug-likeness (QED) is 0.736. The molecule has 0 aliphatic carbocycles. The Bertz CT molecular complexity index is 764. The van der Waals surface area contributed by atoms with Crippen LogP contribution in [0.3, 0.4) is 0 Å². The lowest BCUT2D eigenvalue weighted by Gasteiger charge is -2.08. The Kier molecular flexibility index (Phi) is 3.40. The second-order valence-electron chi connectivity index (χ2n) is 4.69. The van der Waals surface area contributed by atoms with Crippen molar-refractivity contribution in [2.24, 2.45) is 0 Å². The molecule has 0 unspecified atom stereocenters. The third-order valence-electron chi connectivity index (χ3n) is 3.41. The van der Waals surface area contributed by atoms with E-state index < -0.39 is 0 Å². The predicted molar refractivity (Wildman–Crippen MR) is 86.1 cm³/mol. The van der Waals surface area contributed by atoms with Gasteiger partial charge in [0.25, 0.3) is 0 Å². The van der Waals surface area contributed by atoms with Gasteiger partial charge in [0.15, 0.2) is 0 Å². The summed E-state index contributed by atoms with van der Waals surface area (Å²) >= 11 is 3.42. The first-order valence-corrected chi connectivity index (χ1v) is 7.14. The van der Waals surface area contributed by atoms with E-state index in [0.29, 0.717) is 0 Å². The van der Waals surface area contributed by atoms with Gasteiger partial charge < -0.3 is 15.0 Å². The molecule has 20 heavy (non-hydrogen) atoms. The number of fused-ring (bicyclic) bond motifs is 1. The third kappa shape index (κ3) is 2.27. The number of nitrogens with zero attached hydrogens (tertiary/aromatic N) is 1. The number of methoxy groups -OCH3 is 1. The molecule has 0 aliphatic rings. The van der Waals surface area contributed by atoms with Crippen LogP contribution in [0.1, 0.15) is 5.56 Å². The van der Waals surface area contributed by atoms with E-state index in [4.69, 9.17) is 10.5 Å². The maximum absolute atomic E-state index is 5.93. The number of rotatable bonds is 3. The number of nitrogen functional groups attached to an aromatic ring is 1. The summed E-state index contributed by atoms with van der Waals surface area (Å²) in [6.07, 6.45) is 2.07. The molecule has 0 amide bonds. The highest BCUT2D eigenvalue weighted by atomic mass is 79.9. The number of hydrogen-bond acceptors (Lipinski definition) is 2. The summed E-state index contributed by atoms with van der Waals surface area (Å²) in [6, 6.07) is 14.2. The van der Waals surface area contributed by atoms with E-state index in [1.165, 1.54) is 5.56 Å². The number of aromatic nitrogens is 1. The number of halogens is 1. The molecule has 0 aliphatic heterocycles. The van der Waals surface area contributed by atoms with Crippen LogP contribution < -0.4 is 10.5 Å². The van der Waals surface area contributed by atoms with E-state index in [-0.39, 0.29) is 0 Å². The van der Waals surface area contributed by atoms with Gasteiger partial charge in [-0.1, -0.05) is 12.1 Å². The summed E-state index contributed by atoms with van der Waals surface area (Å²) in [5, 5.41) is 1.13. The second kappa shape index (κ2) is 5.21. The van der Waals surface area contributed by atoms with Gasteiger partial charge in [0.05, 0.1) is 12.6 Å². The highest BCUT2D eigenvalue weighted by Gasteiger charge is 2.06. The number of nitrogens with two attached hydrogens (primary N) is 1. The topological polar surface area (TPSA) is 40.2 Å². The minimum atomic E-state index is 0.761. The van der Waals surface area contributed by atoms with Crippen LogP contribution in [0.4, 0.5) is 5.69 Å². The van der Waals surface area contributed by atoms with Crippen molar-refractivity contribution in [2.45, 2.75) is 6.54 Å². The van der Waals surface area contributed by atoms with E-state index in [9.17, 15) is 0 Å². The van der Waals surface area contributed by atoms with E-state index in [1.54, 1.807) is 7.11 Å². The number of ether oxygens (including phenoxy) is 1. The van der Waals surface area contributed by atoms with Gasteiger partial charge in [0.2, 0.25) is 0 Å². The van der Waals surface area contributed by atoms with Crippen LogP contribution in [0.5, 0.6) is 5.75 Å². The van der Waals surface area contributed by atoms with Gasteiger partial charge >= 0.3 is 0 Å². The standard InChI is InChI=1S/C16H15BrN2O/c1-20-16-4-2-3-15-12(16)7-8-19(15)10-11-5-6-13(17)14(18)9-11/h2-9H,10,18H2,1H3. The second-order valence-corrected chi connectivity index (χ2v) is 5.55. The maximum Gasteiger partial charge on any atom is 0.128 e. The zero-order valence-electron chi connectivity index (χ0n) is 11.1. The van der Waals surface area contributed by atoms with Crippen molar-refractivity contribution in [1.29, 1.82) is 0 Å². The summed E-state index contributed by atoms with van der Waals surface area (Å²) in [7, 11) is 1.70. The van der Waals surface area contributed by atoms with Gasteiger partial charge in [-0.2, -0.15) is 0 Å². The van der Waals surface area contributed by atoms with Crippen LogP contribution in [0.25, 0.3) is 10.9 Å². The molecule has 0 saturated heterocycles. The van der Waals surface area contributed by atoms with Crippen molar-refractivity contribution in [3.05, 3.63) is 58.7 Å². The molecule has 2 aromatic carbocycles. The molecule has 0 fully saturated rings. The fourth-order valence-electron chi connectivity index (χ4n) is 2.40. The number of anilines is 1. The molecular weight excluding hydrogens is 316 g/mol. The Labute approximate surface area is 126 Å². The fourth-order valence-corrected chi connectivity index (χ4v) is 2.65. The molecule has 3 aromatic rings. The van der Waals surface area contributed by atoms with Crippen LogP contribution in [0, 0.1) is 0 Å². The number of benzene rings is 2. The molecular formula is C16H15BrN2O. The maximum atomic E-state index is 5.93. The van der Waals surface area contributed by atoms with Crippen molar-refractivity contribution in [2.75, 3.05) is 12.8 Å². The molecule has 0 bridgehead atoms. The number of hydrogen-bond donors (Lipinski definition) is 1. The monoisotopic (exact) mass is 330 g/mol. The minimum absolute atomic E-state index is 0.761. The first kappa shape index (κ1) is 13.1. The van der Waals surface area contributed by atoms with Gasteiger partial charge in [0, 0.05) is 28.3 Å². The highest BCUT2D eigenvalue weighted by molar-refractivity contribution is 9.10. The molecule has 0 atom stereocenters. The fraction of sp³-hybridized carbons (Fsp3) is 0.125. The van der Waals surface area contributed by atoms with Gasteiger partial charge in [-0.05, 0) is 51.8 Å². The molecule has 102 valence electrons. The van der Waals surface area contributed by atoms with E-state index in [0.717, 1.165) is 33.4 Å². The zero-order chi connectivity index (χ0) is 14.1. The molecule has 1 aromatic heterocycles. The Balaban J connectivity index is 2.00. The van der Waals surface area contributed by atoms with Crippen LogP contribution in [0.15, 0.2) is 53.1 Å². The minimum Gasteiger partial charge on any atom is -0.496 e. The van der Waals surface area contributed by atoms with E-state index >= 15 is 0 Å². The van der Waals surface area contributed by atoms with Crippen LogP contribution in [-0.2, 0) is 6.54 Å². The van der Waals surface area contributed by atoms with Gasteiger partial charge in [-0.3, -0.25) is 0 Å². The summed E-state index contributed by atoms with van der Waals surface area (Å²) in [5.41, 5.74) is 9.02. The van der Waals surface area contributed by atoms with Crippen molar-refractivity contribution in [3.63, 3.8) is 0 Å². The Morgan fingerprint density at radius 3 is 2.80 bits per heavy atom. The Hall–Kier alpha value is -1.94. The van der Waals surface area contributed by atoms with Gasteiger partial charge in [0.1, 0.15) is 5.75 Å². The Morgan fingerprint density at radius 2 is 2.05 bits per heavy atom. The third-order valence-corrected chi connectivity index (χ3v) is 4.13. The first-order chi connectivity index (χ1) is 9.69. The molecule has 1 heterocycles. The average Bonchev–Trinajstić information content (AvgIpc) is 2.86. The summed E-state index contributed by atoms with van der Waals surface area (Å²) < 4.78 is 8.51.